The number of allylic oxidation sites excluding steroid dienone is 3. The van der Waals surface area contributed by atoms with E-state index in [9.17, 15) is 27.2 Å². The number of halogens is 4. The molecule has 49 heavy (non-hydrogen) atoms. The van der Waals surface area contributed by atoms with Crippen LogP contribution in [0.2, 0.25) is 0 Å². The number of hydrogen-bond acceptors (Lipinski definition) is 7. The van der Waals surface area contributed by atoms with Crippen molar-refractivity contribution in [3.8, 4) is 0 Å². The number of piperidine rings is 1. The van der Waals surface area contributed by atoms with Crippen molar-refractivity contribution in [1.29, 1.82) is 0 Å². The second kappa shape index (κ2) is 14.8. The molecule has 2 fully saturated rings. The van der Waals surface area contributed by atoms with Crippen LogP contribution in [0.3, 0.4) is 0 Å². The zero-order valence-electron chi connectivity index (χ0n) is 27.7. The number of rotatable bonds is 7. The number of aliphatic imine (C=N–C) groups is 1. The molecule has 0 spiro atoms. The first-order valence-corrected chi connectivity index (χ1v) is 17.5. The second-order valence-electron chi connectivity index (χ2n) is 12.5. The SMILES string of the molecule is C=[S-](=NC(=O)c1cccc(C(F)(F)F)c1)C1C(=O)N(CC)C(=NC2=CC(C)CC=C2)C(=C(N)CN2CCOCC2)[C@@]1(C)c1ccc(F)cc1. The summed E-state index contributed by atoms with van der Waals surface area (Å²) in [5, 5.41) is -1.15. The van der Waals surface area contributed by atoms with Crippen molar-refractivity contribution in [2.45, 2.75) is 44.0 Å². The fraction of sp³-hybridized carbons (Fsp3) is 0.389. The fourth-order valence-corrected chi connectivity index (χ4v) is 8.09. The second-order valence-corrected chi connectivity index (χ2v) is 13.9. The fourth-order valence-electron chi connectivity index (χ4n) is 6.51. The Morgan fingerprint density at radius 3 is 2.49 bits per heavy atom. The van der Waals surface area contributed by atoms with Crippen LogP contribution in [0, 0.1) is 11.7 Å². The van der Waals surface area contributed by atoms with Gasteiger partial charge in [-0.3, -0.25) is 19.4 Å². The smallest absolute Gasteiger partial charge is 0.401 e. The Hall–Kier alpha value is -4.07. The van der Waals surface area contributed by atoms with E-state index >= 15 is 0 Å². The number of carbonyl (C=O) groups excluding carboxylic acids is 2. The van der Waals surface area contributed by atoms with Crippen molar-refractivity contribution in [3.63, 3.8) is 0 Å². The Labute approximate surface area is 285 Å². The summed E-state index contributed by atoms with van der Waals surface area (Å²) in [6.45, 7) is 8.43. The van der Waals surface area contributed by atoms with Gasteiger partial charge in [-0.15, -0.1) is 0 Å². The molecule has 2 saturated heterocycles. The molecular weight excluding hydrogens is 658 g/mol. The lowest BCUT2D eigenvalue weighted by molar-refractivity contribution is -0.137. The van der Waals surface area contributed by atoms with E-state index in [1.807, 2.05) is 18.2 Å². The number of morpholine rings is 1. The number of alkyl halides is 3. The molecule has 3 atom stereocenters. The molecule has 262 valence electrons. The molecule has 0 radical (unpaired) electrons. The van der Waals surface area contributed by atoms with Gasteiger partial charge in [0.25, 0.3) is 5.91 Å². The third-order valence-electron chi connectivity index (χ3n) is 8.99. The van der Waals surface area contributed by atoms with Crippen molar-refractivity contribution in [1.82, 2.24) is 9.80 Å². The van der Waals surface area contributed by atoms with Gasteiger partial charge in [0.05, 0.1) is 24.5 Å². The van der Waals surface area contributed by atoms with Crippen LogP contribution in [-0.2, 0) is 31.4 Å². The van der Waals surface area contributed by atoms with Crippen molar-refractivity contribution in [2.24, 2.45) is 21.0 Å². The van der Waals surface area contributed by atoms with E-state index in [1.54, 1.807) is 26.0 Å². The van der Waals surface area contributed by atoms with Crippen molar-refractivity contribution < 1.29 is 31.9 Å². The van der Waals surface area contributed by atoms with Gasteiger partial charge in [0.1, 0.15) is 11.7 Å². The topological polar surface area (TPSA) is 101 Å². The summed E-state index contributed by atoms with van der Waals surface area (Å²) in [4.78, 5) is 36.8. The highest BCUT2D eigenvalue weighted by Crippen LogP contribution is 2.44. The third kappa shape index (κ3) is 7.73. The number of carbonyl (C=O) groups is 2. The Kier molecular flexibility index (Phi) is 10.9. The molecule has 13 heteroatoms. The molecule has 2 aromatic rings. The van der Waals surface area contributed by atoms with Crippen LogP contribution in [0.5, 0.6) is 0 Å². The van der Waals surface area contributed by atoms with E-state index in [1.165, 1.54) is 23.1 Å². The molecule has 0 saturated carbocycles. The van der Waals surface area contributed by atoms with Gasteiger partial charge in [-0.1, -0.05) is 44.2 Å². The quantitative estimate of drug-likeness (QED) is 0.223. The van der Waals surface area contributed by atoms with Crippen LogP contribution in [0.1, 0.15) is 48.7 Å². The molecule has 2 amide bonds. The number of hydrogen-bond donors (Lipinski definition) is 1. The molecule has 8 nitrogen and oxygen atoms in total. The summed E-state index contributed by atoms with van der Waals surface area (Å²) in [6.07, 6.45) is 2.08. The molecular formula is C36H40F4N5O3S-. The first-order valence-electron chi connectivity index (χ1n) is 16.0. The highest BCUT2D eigenvalue weighted by Gasteiger charge is 2.50. The number of likely N-dealkylation sites (tertiary alicyclic amines) is 1. The molecule has 3 aliphatic rings. The predicted octanol–water partition coefficient (Wildman–Crippen LogP) is 5.83. The molecule has 0 bridgehead atoms. The number of ether oxygens (including phenoxy) is 1. The van der Waals surface area contributed by atoms with E-state index in [0.717, 1.165) is 24.6 Å². The van der Waals surface area contributed by atoms with E-state index in [0.29, 0.717) is 61.2 Å². The summed E-state index contributed by atoms with van der Waals surface area (Å²) >= 11 is 0. The molecule has 0 aromatic heterocycles. The van der Waals surface area contributed by atoms with Crippen LogP contribution in [0.4, 0.5) is 17.6 Å². The maximum Gasteiger partial charge on any atom is 0.416 e. The Morgan fingerprint density at radius 2 is 1.86 bits per heavy atom. The summed E-state index contributed by atoms with van der Waals surface area (Å²) in [5.74, 6) is 2.81. The van der Waals surface area contributed by atoms with Gasteiger partial charge >= 0.3 is 6.18 Å². The minimum atomic E-state index is -4.67. The maximum absolute atomic E-state index is 14.7. The molecule has 5 rings (SSSR count). The maximum atomic E-state index is 14.7. The average Bonchev–Trinajstić information content (AvgIpc) is 3.05. The number of nitrogens with zero attached hydrogens (tertiary/aromatic N) is 4. The van der Waals surface area contributed by atoms with Crippen LogP contribution >= 0.6 is 0 Å². The lowest BCUT2D eigenvalue weighted by Gasteiger charge is -2.51. The van der Waals surface area contributed by atoms with Crippen LogP contribution in [0.25, 0.3) is 0 Å². The highest BCUT2D eigenvalue weighted by atomic mass is 32.2. The van der Waals surface area contributed by atoms with E-state index in [-0.39, 0.29) is 18.0 Å². The van der Waals surface area contributed by atoms with Crippen LogP contribution in [0.15, 0.2) is 93.1 Å². The monoisotopic (exact) mass is 698 g/mol. The zero-order valence-corrected chi connectivity index (χ0v) is 28.5. The lowest BCUT2D eigenvalue weighted by atomic mass is 9.68. The minimum Gasteiger partial charge on any atom is -0.401 e. The molecule has 1 aliphatic carbocycles. The lowest BCUT2D eigenvalue weighted by Crippen LogP contribution is -2.61. The Balaban J connectivity index is 1.75. The summed E-state index contributed by atoms with van der Waals surface area (Å²) in [5.41, 5.74) is 6.51. The Morgan fingerprint density at radius 1 is 1.16 bits per heavy atom. The highest BCUT2D eigenvalue weighted by molar-refractivity contribution is 7.86. The van der Waals surface area contributed by atoms with Crippen LogP contribution in [-0.4, -0.2) is 78.0 Å². The van der Waals surface area contributed by atoms with Gasteiger partial charge in [0, 0.05) is 48.4 Å². The van der Waals surface area contributed by atoms with Crippen molar-refractivity contribution in [2.75, 3.05) is 39.4 Å². The summed E-state index contributed by atoms with van der Waals surface area (Å²) in [6, 6.07) is 9.64. The summed E-state index contributed by atoms with van der Waals surface area (Å²) in [7, 11) is -1.66. The number of amidine groups is 1. The molecule has 2 unspecified atom stereocenters. The van der Waals surface area contributed by atoms with Gasteiger partial charge < -0.3 is 25.1 Å². The van der Waals surface area contributed by atoms with Crippen LogP contribution < -0.4 is 5.73 Å². The molecule has 2 N–H and O–H groups in total. The number of benzene rings is 2. The zero-order chi connectivity index (χ0) is 35.5. The van der Waals surface area contributed by atoms with Gasteiger partial charge in [-0.05, 0) is 66.5 Å². The molecule has 2 aromatic carbocycles. The number of amides is 2. The number of likely N-dealkylation sites (N-methyl/N-ethyl adjacent to an activating group) is 1. The van der Waals surface area contributed by atoms with Gasteiger partial charge in [-0.2, -0.15) is 13.2 Å². The number of nitrogens with two attached hydrogens (primary N) is 1. The predicted molar refractivity (Wildman–Crippen MR) is 185 cm³/mol. The molecule has 2 heterocycles. The first-order chi connectivity index (χ1) is 23.2. The van der Waals surface area contributed by atoms with Gasteiger partial charge in [-0.25, -0.2) is 15.3 Å². The van der Waals surface area contributed by atoms with E-state index < -0.39 is 50.3 Å². The average molecular weight is 699 g/mol. The Bertz CT molecular complexity index is 1800. The minimum absolute atomic E-state index is 0.188. The largest absolute Gasteiger partial charge is 0.416 e. The van der Waals surface area contributed by atoms with Gasteiger partial charge in [0.2, 0.25) is 5.91 Å². The normalized spacial score (nSPS) is 26.2. The van der Waals surface area contributed by atoms with E-state index in [4.69, 9.17) is 15.5 Å². The third-order valence-corrected chi connectivity index (χ3v) is 10.6. The van der Waals surface area contributed by atoms with Crippen molar-refractivity contribution >= 4 is 33.8 Å². The first kappa shape index (κ1) is 36.2. The van der Waals surface area contributed by atoms with Crippen molar-refractivity contribution in [3.05, 3.63) is 106 Å². The van der Waals surface area contributed by atoms with Gasteiger partial charge in [0.15, 0.2) is 0 Å². The standard InChI is InChI=1S/C36H40F4N5O3S/c1-5-45-32(42-28-11-6-8-23(2)20-28)30(29(41)22-44-16-18-48-19-17-44)35(3,25-12-14-27(37)15-13-25)31(34(45)47)49(4)43-33(46)24-9-7-10-26(21-24)36(38,39)40/h6-7,9-15,20-21,23,31H,4-5,8,16-19,22,41H2,1-3H3/q-1/t23?,31?,35-/m1/s1. The summed E-state index contributed by atoms with van der Waals surface area (Å²) < 4.78 is 64.6. The van der Waals surface area contributed by atoms with E-state index in [2.05, 4.69) is 22.1 Å². The molecule has 2 aliphatic heterocycles.